The van der Waals surface area contributed by atoms with Gasteiger partial charge < -0.3 is 5.73 Å². The van der Waals surface area contributed by atoms with Crippen LogP contribution in [-0.4, -0.2) is 26.3 Å². The molecule has 0 radical (unpaired) electrons. The molecule has 2 N–H and O–H groups in total. The maximum atomic E-state index is 12.6. The highest BCUT2D eigenvalue weighted by molar-refractivity contribution is 7.89. The molecular formula is C14H22N2O2S. The number of sulfonamides is 1. The van der Waals surface area contributed by atoms with Crippen LogP contribution in [0, 0.1) is 12.8 Å². The highest BCUT2D eigenvalue weighted by Gasteiger charge is 2.28. The number of hydrogen-bond acceptors (Lipinski definition) is 3. The molecule has 1 aromatic carbocycles. The van der Waals surface area contributed by atoms with Crippen molar-refractivity contribution in [3.8, 4) is 0 Å². The highest BCUT2D eigenvalue weighted by Crippen LogP contribution is 2.29. The molecule has 1 fully saturated rings. The Labute approximate surface area is 115 Å². The lowest BCUT2D eigenvalue weighted by atomic mass is 9.86. The lowest BCUT2D eigenvalue weighted by molar-refractivity contribution is 0.263. The summed E-state index contributed by atoms with van der Waals surface area (Å²) in [5.41, 5.74) is 7.30. The minimum Gasteiger partial charge on any atom is -0.326 e. The summed E-state index contributed by atoms with van der Waals surface area (Å²) in [4.78, 5) is 0.386. The van der Waals surface area contributed by atoms with Crippen LogP contribution in [0.3, 0.4) is 0 Å². The number of nitrogens with zero attached hydrogens (tertiary/aromatic N) is 1. The molecule has 0 aromatic heterocycles. The average molecular weight is 282 g/mol. The predicted octanol–water partition coefficient (Wildman–Crippen LogP) is 1.87. The lowest BCUT2D eigenvalue weighted by Gasteiger charge is -2.30. The molecule has 0 atom stereocenters. The van der Waals surface area contributed by atoms with Gasteiger partial charge in [-0.1, -0.05) is 18.6 Å². The number of rotatable bonds is 5. The van der Waals surface area contributed by atoms with Gasteiger partial charge >= 0.3 is 0 Å². The van der Waals surface area contributed by atoms with E-state index in [1.54, 1.807) is 19.2 Å². The monoisotopic (exact) mass is 282 g/mol. The molecule has 0 saturated heterocycles. The van der Waals surface area contributed by atoms with E-state index >= 15 is 0 Å². The topological polar surface area (TPSA) is 63.4 Å². The van der Waals surface area contributed by atoms with Crippen LogP contribution in [0.2, 0.25) is 0 Å². The van der Waals surface area contributed by atoms with Crippen LogP contribution in [-0.2, 0) is 16.6 Å². The van der Waals surface area contributed by atoms with E-state index < -0.39 is 10.0 Å². The summed E-state index contributed by atoms with van der Waals surface area (Å²) in [6.07, 6.45) is 3.50. The molecular weight excluding hydrogens is 260 g/mol. The molecule has 0 bridgehead atoms. The summed E-state index contributed by atoms with van der Waals surface area (Å²) in [7, 11) is -1.73. The third-order valence-corrected chi connectivity index (χ3v) is 6.01. The molecule has 1 aliphatic carbocycles. The number of hydrogen-bond donors (Lipinski definition) is 1. The quantitative estimate of drug-likeness (QED) is 0.896. The molecule has 0 spiro atoms. The zero-order valence-electron chi connectivity index (χ0n) is 11.6. The summed E-state index contributed by atoms with van der Waals surface area (Å²) >= 11 is 0. The molecule has 0 unspecified atom stereocenters. The Morgan fingerprint density at radius 3 is 2.58 bits per heavy atom. The Morgan fingerprint density at radius 1 is 1.37 bits per heavy atom. The molecule has 1 aliphatic rings. The van der Waals surface area contributed by atoms with E-state index in [2.05, 4.69) is 0 Å². The third-order valence-electron chi connectivity index (χ3n) is 4.04. The summed E-state index contributed by atoms with van der Waals surface area (Å²) in [6, 6.07) is 5.31. The first-order chi connectivity index (χ1) is 8.96. The standard InChI is InChI=1S/C14H22N2O2S/c1-11-13(9-15)7-4-8-14(11)19(17,18)16(2)10-12-5-3-6-12/h4,7-8,12H,3,5-6,9-10,15H2,1-2H3. The van der Waals surface area contributed by atoms with Gasteiger partial charge in [-0.3, -0.25) is 0 Å². The lowest BCUT2D eigenvalue weighted by Crippen LogP contribution is -2.34. The van der Waals surface area contributed by atoms with E-state index in [0.29, 0.717) is 23.9 Å². The van der Waals surface area contributed by atoms with E-state index in [0.717, 1.165) is 24.0 Å². The van der Waals surface area contributed by atoms with Crippen LogP contribution in [0.5, 0.6) is 0 Å². The minimum absolute atomic E-state index is 0.363. The Bertz CT molecular complexity index is 551. The molecule has 106 valence electrons. The molecule has 0 aliphatic heterocycles. The first-order valence-corrected chi connectivity index (χ1v) is 8.15. The third kappa shape index (κ3) is 2.83. The Kier molecular flexibility index (Phi) is 4.28. The molecule has 0 amide bonds. The van der Waals surface area contributed by atoms with Crippen LogP contribution in [0.1, 0.15) is 30.4 Å². The summed E-state index contributed by atoms with van der Waals surface area (Å²) in [5.74, 6) is 0.526. The van der Waals surface area contributed by atoms with E-state index in [9.17, 15) is 8.42 Å². The van der Waals surface area contributed by atoms with Gasteiger partial charge in [-0.25, -0.2) is 12.7 Å². The first kappa shape index (κ1) is 14.5. The fraction of sp³-hybridized carbons (Fsp3) is 0.571. The van der Waals surface area contributed by atoms with Gasteiger partial charge in [0.05, 0.1) is 4.90 Å². The van der Waals surface area contributed by atoms with Crippen LogP contribution < -0.4 is 5.73 Å². The number of nitrogens with two attached hydrogens (primary N) is 1. The zero-order valence-corrected chi connectivity index (χ0v) is 12.4. The molecule has 5 heteroatoms. The SMILES string of the molecule is Cc1c(CN)cccc1S(=O)(=O)N(C)CC1CCC1. The fourth-order valence-electron chi connectivity index (χ4n) is 2.47. The van der Waals surface area contributed by atoms with Crippen molar-refractivity contribution >= 4 is 10.0 Å². The normalized spacial score (nSPS) is 16.6. The molecule has 19 heavy (non-hydrogen) atoms. The van der Waals surface area contributed by atoms with E-state index in [1.807, 2.05) is 13.0 Å². The largest absolute Gasteiger partial charge is 0.326 e. The molecule has 4 nitrogen and oxygen atoms in total. The second-order valence-corrected chi connectivity index (χ2v) is 7.34. The van der Waals surface area contributed by atoms with Crippen molar-refractivity contribution in [1.29, 1.82) is 0 Å². The van der Waals surface area contributed by atoms with Crippen LogP contribution in [0.25, 0.3) is 0 Å². The van der Waals surface area contributed by atoms with Crippen LogP contribution in [0.4, 0.5) is 0 Å². The minimum atomic E-state index is -3.40. The Hall–Kier alpha value is -0.910. The molecule has 0 heterocycles. The predicted molar refractivity (Wildman–Crippen MR) is 76.2 cm³/mol. The average Bonchev–Trinajstić information content (AvgIpc) is 2.33. The summed E-state index contributed by atoms with van der Waals surface area (Å²) in [5, 5.41) is 0. The van der Waals surface area contributed by atoms with Crippen LogP contribution >= 0.6 is 0 Å². The van der Waals surface area contributed by atoms with Gasteiger partial charge in [0.25, 0.3) is 0 Å². The van der Waals surface area contributed by atoms with Crippen LogP contribution in [0.15, 0.2) is 23.1 Å². The van der Waals surface area contributed by atoms with E-state index in [4.69, 9.17) is 5.73 Å². The van der Waals surface area contributed by atoms with Crippen molar-refractivity contribution in [2.24, 2.45) is 11.7 Å². The van der Waals surface area contributed by atoms with Crippen molar-refractivity contribution in [3.63, 3.8) is 0 Å². The van der Waals surface area contributed by atoms with Crippen molar-refractivity contribution in [3.05, 3.63) is 29.3 Å². The molecule has 1 aromatic rings. The van der Waals surface area contributed by atoms with Gasteiger partial charge in [0.1, 0.15) is 0 Å². The Balaban J connectivity index is 2.27. The summed E-state index contributed by atoms with van der Waals surface area (Å²) < 4.78 is 26.6. The molecule has 1 saturated carbocycles. The van der Waals surface area contributed by atoms with Gasteiger partial charge in [-0.2, -0.15) is 0 Å². The Morgan fingerprint density at radius 2 is 2.05 bits per heavy atom. The fourth-order valence-corrected chi connectivity index (χ4v) is 3.98. The van der Waals surface area contributed by atoms with Gasteiger partial charge in [-0.05, 0) is 42.9 Å². The second kappa shape index (κ2) is 5.61. The van der Waals surface area contributed by atoms with Gasteiger partial charge in [-0.15, -0.1) is 0 Å². The smallest absolute Gasteiger partial charge is 0.243 e. The summed E-state index contributed by atoms with van der Waals surface area (Å²) in [6.45, 7) is 2.81. The van der Waals surface area contributed by atoms with E-state index in [-0.39, 0.29) is 0 Å². The van der Waals surface area contributed by atoms with Gasteiger partial charge in [0.2, 0.25) is 10.0 Å². The zero-order chi connectivity index (χ0) is 14.0. The first-order valence-electron chi connectivity index (χ1n) is 6.71. The van der Waals surface area contributed by atoms with E-state index in [1.165, 1.54) is 10.7 Å². The van der Waals surface area contributed by atoms with Crippen molar-refractivity contribution in [1.82, 2.24) is 4.31 Å². The van der Waals surface area contributed by atoms with Crippen molar-refractivity contribution < 1.29 is 8.42 Å². The maximum Gasteiger partial charge on any atom is 0.243 e. The van der Waals surface area contributed by atoms with Gasteiger partial charge in [0, 0.05) is 20.1 Å². The van der Waals surface area contributed by atoms with Crippen molar-refractivity contribution in [2.75, 3.05) is 13.6 Å². The second-order valence-electron chi connectivity index (χ2n) is 5.33. The molecule has 2 rings (SSSR count). The highest BCUT2D eigenvalue weighted by atomic mass is 32.2. The van der Waals surface area contributed by atoms with Crippen molar-refractivity contribution in [2.45, 2.75) is 37.6 Å². The van der Waals surface area contributed by atoms with Gasteiger partial charge in [0.15, 0.2) is 0 Å². The maximum absolute atomic E-state index is 12.6. The number of benzene rings is 1.